The maximum Gasteiger partial charge on any atom is 0.277 e. The minimum Gasteiger partial charge on any atom is -0.391 e. The smallest absolute Gasteiger partial charge is 0.277 e. The van der Waals surface area contributed by atoms with E-state index in [2.05, 4.69) is 20.6 Å². The molecule has 1 aromatic rings. The Kier molecular flexibility index (Phi) is 6.37. The standard InChI is InChI=1S/C9H15N5O3.2ClH/c1-3(15)6(16)4-2-11-7-5(12-4)8(17)14-9(10)13-7;;/h3-4,6,12,15-16H,2H2,1H3,(H4,10,11,13,14,17);2*1H/t3-,4+,6-;;/m0../s1. The van der Waals surface area contributed by atoms with Crippen molar-refractivity contribution in [3.8, 4) is 0 Å². The molecule has 0 unspecified atom stereocenters. The number of hydrogen-bond donors (Lipinski definition) is 6. The molecule has 0 saturated heterocycles. The van der Waals surface area contributed by atoms with Gasteiger partial charge in [-0.05, 0) is 6.92 Å². The average molecular weight is 314 g/mol. The fraction of sp³-hybridized carbons (Fsp3) is 0.556. The summed E-state index contributed by atoms with van der Waals surface area (Å²) in [5, 5.41) is 24.7. The highest BCUT2D eigenvalue weighted by atomic mass is 35.5. The molecule has 3 atom stereocenters. The monoisotopic (exact) mass is 313 g/mol. The molecule has 0 fully saturated rings. The summed E-state index contributed by atoms with van der Waals surface area (Å²) in [6.07, 6.45) is -1.87. The largest absolute Gasteiger partial charge is 0.391 e. The molecular formula is C9H17Cl2N5O3. The van der Waals surface area contributed by atoms with Crippen LogP contribution in [0.15, 0.2) is 4.79 Å². The summed E-state index contributed by atoms with van der Waals surface area (Å²) >= 11 is 0. The van der Waals surface area contributed by atoms with Crippen LogP contribution in [0.5, 0.6) is 0 Å². The number of halogens is 2. The topological polar surface area (TPSA) is 136 Å². The number of fused-ring (bicyclic) bond motifs is 1. The molecular weight excluding hydrogens is 297 g/mol. The predicted octanol–water partition coefficient (Wildman–Crippen LogP) is -0.857. The van der Waals surface area contributed by atoms with Crippen LogP contribution >= 0.6 is 24.8 Å². The molecule has 110 valence electrons. The van der Waals surface area contributed by atoms with Gasteiger partial charge in [-0.2, -0.15) is 4.98 Å². The Morgan fingerprint density at radius 2 is 2.05 bits per heavy atom. The number of nitrogen functional groups attached to an aromatic ring is 1. The number of aliphatic hydroxyl groups excluding tert-OH is 2. The zero-order valence-electron chi connectivity index (χ0n) is 10.1. The molecule has 1 aliphatic rings. The zero-order chi connectivity index (χ0) is 12.6. The maximum atomic E-state index is 11.6. The third-order valence-electron chi connectivity index (χ3n) is 2.66. The van der Waals surface area contributed by atoms with E-state index in [1.807, 2.05) is 0 Å². The first kappa shape index (κ1) is 17.8. The quantitative estimate of drug-likeness (QED) is 0.418. The van der Waals surface area contributed by atoms with Crippen molar-refractivity contribution in [1.29, 1.82) is 0 Å². The highest BCUT2D eigenvalue weighted by Gasteiger charge is 2.29. The third kappa shape index (κ3) is 3.63. The van der Waals surface area contributed by atoms with Crippen LogP contribution in [-0.4, -0.2) is 45.0 Å². The first-order valence-electron chi connectivity index (χ1n) is 5.25. The second kappa shape index (κ2) is 6.80. The number of aliphatic hydroxyl groups is 2. The molecule has 1 aromatic heterocycles. The van der Waals surface area contributed by atoms with Gasteiger partial charge in [-0.15, -0.1) is 24.8 Å². The number of H-pyrrole nitrogens is 1. The lowest BCUT2D eigenvalue weighted by atomic mass is 10.0. The van der Waals surface area contributed by atoms with Gasteiger partial charge < -0.3 is 26.6 Å². The van der Waals surface area contributed by atoms with Crippen molar-refractivity contribution in [3.63, 3.8) is 0 Å². The van der Waals surface area contributed by atoms with E-state index in [1.165, 1.54) is 6.92 Å². The summed E-state index contributed by atoms with van der Waals surface area (Å²) in [5.41, 5.74) is 5.20. The molecule has 2 rings (SSSR count). The molecule has 8 nitrogen and oxygen atoms in total. The number of aromatic nitrogens is 2. The summed E-state index contributed by atoms with van der Waals surface area (Å²) in [6, 6.07) is -0.464. The Labute approximate surface area is 121 Å². The van der Waals surface area contributed by atoms with Crippen LogP contribution in [0.3, 0.4) is 0 Å². The van der Waals surface area contributed by atoms with Gasteiger partial charge >= 0.3 is 0 Å². The van der Waals surface area contributed by atoms with Gasteiger partial charge in [-0.3, -0.25) is 9.78 Å². The molecule has 10 heteroatoms. The normalized spacial score (nSPS) is 19.6. The minimum absolute atomic E-state index is 0. The van der Waals surface area contributed by atoms with Crippen LogP contribution in [0.4, 0.5) is 17.5 Å². The fourth-order valence-corrected chi connectivity index (χ4v) is 1.74. The number of nitrogens with one attached hydrogen (secondary N) is 3. The second-order valence-electron chi connectivity index (χ2n) is 4.04. The number of aromatic amines is 1. The summed E-state index contributed by atoms with van der Waals surface area (Å²) in [6.45, 7) is 1.82. The zero-order valence-corrected chi connectivity index (χ0v) is 11.7. The highest BCUT2D eigenvalue weighted by Crippen LogP contribution is 2.21. The number of nitrogens with zero attached hydrogens (tertiary/aromatic N) is 1. The van der Waals surface area contributed by atoms with Crippen LogP contribution in [0.25, 0.3) is 0 Å². The van der Waals surface area contributed by atoms with E-state index in [-0.39, 0.29) is 36.4 Å². The van der Waals surface area contributed by atoms with Crippen LogP contribution in [0, 0.1) is 0 Å². The second-order valence-corrected chi connectivity index (χ2v) is 4.04. The summed E-state index contributed by atoms with van der Waals surface area (Å²) < 4.78 is 0. The van der Waals surface area contributed by atoms with Crippen molar-refractivity contribution in [3.05, 3.63) is 10.4 Å². The van der Waals surface area contributed by atoms with E-state index in [1.54, 1.807) is 0 Å². The molecule has 0 aliphatic carbocycles. The first-order chi connectivity index (χ1) is 7.99. The molecule has 0 spiro atoms. The summed E-state index contributed by atoms with van der Waals surface area (Å²) in [4.78, 5) is 17.9. The van der Waals surface area contributed by atoms with Crippen molar-refractivity contribution in [2.75, 3.05) is 22.9 Å². The molecule has 2 heterocycles. The highest BCUT2D eigenvalue weighted by molar-refractivity contribution is 5.85. The lowest BCUT2D eigenvalue weighted by molar-refractivity contribution is 0.0214. The van der Waals surface area contributed by atoms with Gasteiger partial charge in [0.2, 0.25) is 5.95 Å². The Hall–Kier alpha value is -1.22. The maximum absolute atomic E-state index is 11.6. The van der Waals surface area contributed by atoms with Crippen molar-refractivity contribution in [2.45, 2.75) is 25.2 Å². The van der Waals surface area contributed by atoms with E-state index in [4.69, 9.17) is 5.73 Å². The Morgan fingerprint density at radius 3 is 2.63 bits per heavy atom. The lowest BCUT2D eigenvalue weighted by Gasteiger charge is -2.31. The van der Waals surface area contributed by atoms with E-state index in [0.717, 1.165) is 0 Å². The van der Waals surface area contributed by atoms with Gasteiger partial charge in [-0.1, -0.05) is 0 Å². The molecule has 0 amide bonds. The van der Waals surface area contributed by atoms with Gasteiger partial charge in [0, 0.05) is 6.54 Å². The number of rotatable bonds is 2. The molecule has 7 N–H and O–H groups in total. The minimum atomic E-state index is -0.979. The predicted molar refractivity (Wildman–Crippen MR) is 77.4 cm³/mol. The molecule has 19 heavy (non-hydrogen) atoms. The van der Waals surface area contributed by atoms with Crippen molar-refractivity contribution < 1.29 is 10.2 Å². The number of anilines is 3. The molecule has 0 bridgehead atoms. The molecule has 0 saturated carbocycles. The van der Waals surface area contributed by atoms with Gasteiger partial charge in [0.15, 0.2) is 5.82 Å². The van der Waals surface area contributed by atoms with Crippen LogP contribution in [-0.2, 0) is 0 Å². The van der Waals surface area contributed by atoms with Gasteiger partial charge in [0.25, 0.3) is 5.56 Å². The molecule has 0 radical (unpaired) electrons. The van der Waals surface area contributed by atoms with E-state index < -0.39 is 23.8 Å². The van der Waals surface area contributed by atoms with E-state index in [9.17, 15) is 15.0 Å². The van der Waals surface area contributed by atoms with E-state index >= 15 is 0 Å². The SMILES string of the molecule is C[C@H](O)[C@H](O)[C@H]1CNc2nc(N)[nH]c(=O)c2N1.Cl.Cl. The number of nitrogens with two attached hydrogens (primary N) is 1. The van der Waals surface area contributed by atoms with Crippen molar-refractivity contribution in [1.82, 2.24) is 9.97 Å². The van der Waals surface area contributed by atoms with Crippen molar-refractivity contribution in [2.24, 2.45) is 0 Å². The van der Waals surface area contributed by atoms with Gasteiger partial charge in [0.05, 0.1) is 12.1 Å². The number of hydrogen-bond acceptors (Lipinski definition) is 7. The lowest BCUT2D eigenvalue weighted by Crippen LogP contribution is -2.48. The average Bonchev–Trinajstić information content (AvgIpc) is 2.27. The Balaban J connectivity index is 0.00000162. The van der Waals surface area contributed by atoms with Gasteiger partial charge in [0.1, 0.15) is 11.8 Å². The van der Waals surface area contributed by atoms with E-state index in [0.29, 0.717) is 12.4 Å². The summed E-state index contributed by atoms with van der Waals surface area (Å²) in [5.74, 6) is 0.373. The third-order valence-corrected chi connectivity index (χ3v) is 2.66. The van der Waals surface area contributed by atoms with Crippen LogP contribution < -0.4 is 21.9 Å². The summed E-state index contributed by atoms with van der Waals surface area (Å²) in [7, 11) is 0. The molecule has 1 aliphatic heterocycles. The molecule has 0 aromatic carbocycles. The van der Waals surface area contributed by atoms with Gasteiger partial charge in [-0.25, -0.2) is 0 Å². The van der Waals surface area contributed by atoms with Crippen molar-refractivity contribution >= 4 is 42.3 Å². The van der Waals surface area contributed by atoms with Crippen LogP contribution in [0.2, 0.25) is 0 Å². The first-order valence-corrected chi connectivity index (χ1v) is 5.25. The fourth-order valence-electron chi connectivity index (χ4n) is 1.74. The Bertz CT molecular complexity index is 481. The van der Waals surface area contributed by atoms with Crippen LogP contribution in [0.1, 0.15) is 6.92 Å². The Morgan fingerprint density at radius 1 is 1.42 bits per heavy atom.